The number of thioether (sulfide) groups is 1. The van der Waals surface area contributed by atoms with Crippen LogP contribution in [0.25, 0.3) is 17.1 Å². The van der Waals surface area contributed by atoms with Crippen LogP contribution >= 0.6 is 23.4 Å². The number of hydrogen-bond acceptors (Lipinski definition) is 5. The molecule has 1 saturated carbocycles. The molecule has 160 valence electrons. The van der Waals surface area contributed by atoms with Crippen LogP contribution in [0.15, 0.2) is 53.7 Å². The smallest absolute Gasteiger partial charge is 0.321 e. The van der Waals surface area contributed by atoms with E-state index in [1.807, 2.05) is 47.9 Å². The Balaban J connectivity index is 1.61. The van der Waals surface area contributed by atoms with Crippen molar-refractivity contribution in [2.75, 3.05) is 0 Å². The van der Waals surface area contributed by atoms with E-state index in [1.54, 1.807) is 19.1 Å². The average Bonchev–Trinajstić information content (AvgIpc) is 3.45. The molecule has 7 nitrogen and oxygen atoms in total. The first-order valence-corrected chi connectivity index (χ1v) is 11.2. The van der Waals surface area contributed by atoms with E-state index >= 15 is 0 Å². The van der Waals surface area contributed by atoms with Gasteiger partial charge in [0.25, 0.3) is 0 Å². The van der Waals surface area contributed by atoms with Crippen LogP contribution in [-0.2, 0) is 4.79 Å². The van der Waals surface area contributed by atoms with Gasteiger partial charge in [-0.2, -0.15) is 0 Å². The molecule has 1 heterocycles. The fourth-order valence-corrected chi connectivity index (χ4v) is 4.00. The summed E-state index contributed by atoms with van der Waals surface area (Å²) in [4.78, 5) is 24.4. The third-order valence-corrected chi connectivity index (χ3v) is 6.09. The van der Waals surface area contributed by atoms with Crippen LogP contribution in [0.4, 0.5) is 4.79 Å². The topological polar surface area (TPSA) is 88.9 Å². The molecule has 0 spiro atoms. The number of amides is 3. The number of hydrogen-bond donors (Lipinski definition) is 2. The van der Waals surface area contributed by atoms with Crippen molar-refractivity contribution in [3.63, 3.8) is 0 Å². The summed E-state index contributed by atoms with van der Waals surface area (Å²) in [5, 5.41) is 14.5. The lowest BCUT2D eigenvalue weighted by Gasteiger charge is -2.14. The fourth-order valence-electron chi connectivity index (χ4n) is 3.01. The van der Waals surface area contributed by atoms with Crippen molar-refractivity contribution < 1.29 is 9.59 Å². The second-order valence-electron chi connectivity index (χ2n) is 7.48. The summed E-state index contributed by atoms with van der Waals surface area (Å²) >= 11 is 7.28. The maximum absolute atomic E-state index is 12.5. The highest BCUT2D eigenvalue weighted by Gasteiger charge is 2.26. The van der Waals surface area contributed by atoms with E-state index < -0.39 is 11.3 Å². The Hall–Kier alpha value is -2.84. The number of aryl methyl sites for hydroxylation is 1. The molecule has 1 atom stereocenters. The van der Waals surface area contributed by atoms with Gasteiger partial charge in [-0.25, -0.2) is 4.79 Å². The van der Waals surface area contributed by atoms with Gasteiger partial charge >= 0.3 is 6.03 Å². The second kappa shape index (κ2) is 9.11. The predicted octanol–water partition coefficient (Wildman–Crippen LogP) is 4.36. The highest BCUT2D eigenvalue weighted by atomic mass is 35.5. The summed E-state index contributed by atoms with van der Waals surface area (Å²) in [7, 11) is 0. The normalized spacial score (nSPS) is 14.2. The Morgan fingerprint density at radius 2 is 1.90 bits per heavy atom. The zero-order valence-electron chi connectivity index (χ0n) is 17.1. The van der Waals surface area contributed by atoms with Gasteiger partial charge in [0, 0.05) is 22.3 Å². The van der Waals surface area contributed by atoms with Gasteiger partial charge < -0.3 is 5.32 Å². The van der Waals surface area contributed by atoms with E-state index in [1.165, 1.54) is 11.8 Å². The number of benzene rings is 2. The third-order valence-electron chi connectivity index (χ3n) is 4.80. The molecular formula is C22H22ClN5O2S. The molecule has 3 amide bonds. The maximum Gasteiger partial charge on any atom is 0.321 e. The van der Waals surface area contributed by atoms with E-state index in [9.17, 15) is 9.59 Å². The van der Waals surface area contributed by atoms with Crippen LogP contribution < -0.4 is 10.6 Å². The number of carbonyl (C=O) groups excluding carboxylic acids is 2. The molecule has 1 unspecified atom stereocenters. The van der Waals surface area contributed by atoms with Crippen molar-refractivity contribution >= 4 is 35.3 Å². The van der Waals surface area contributed by atoms with Gasteiger partial charge in [-0.1, -0.05) is 35.5 Å². The third kappa shape index (κ3) is 5.26. The number of nitrogens with zero attached hydrogens (tertiary/aromatic N) is 3. The highest BCUT2D eigenvalue weighted by Crippen LogP contribution is 2.31. The van der Waals surface area contributed by atoms with Crippen LogP contribution in [0, 0.1) is 6.92 Å². The monoisotopic (exact) mass is 455 g/mol. The zero-order chi connectivity index (χ0) is 22.0. The van der Waals surface area contributed by atoms with E-state index in [0.717, 1.165) is 29.7 Å². The summed E-state index contributed by atoms with van der Waals surface area (Å²) < 4.78 is 1.91. The van der Waals surface area contributed by atoms with E-state index in [-0.39, 0.29) is 11.9 Å². The minimum absolute atomic E-state index is 0.183. The first-order valence-electron chi connectivity index (χ1n) is 9.97. The summed E-state index contributed by atoms with van der Waals surface area (Å²) in [6.07, 6.45) is 1.91. The lowest BCUT2D eigenvalue weighted by molar-refractivity contribution is -0.119. The molecule has 1 fully saturated rings. The van der Waals surface area contributed by atoms with Crippen molar-refractivity contribution in [2.45, 2.75) is 43.1 Å². The summed E-state index contributed by atoms with van der Waals surface area (Å²) in [6.45, 7) is 3.75. The second-order valence-corrected chi connectivity index (χ2v) is 9.23. The molecule has 0 bridgehead atoms. The fraction of sp³-hybridized carbons (Fsp3) is 0.273. The Bertz CT molecular complexity index is 1110. The molecule has 31 heavy (non-hydrogen) atoms. The Kier molecular flexibility index (Phi) is 6.29. The Morgan fingerprint density at radius 3 is 2.58 bits per heavy atom. The van der Waals surface area contributed by atoms with Crippen LogP contribution in [0.3, 0.4) is 0 Å². The zero-order valence-corrected chi connectivity index (χ0v) is 18.7. The Labute approximate surface area is 189 Å². The number of rotatable bonds is 6. The van der Waals surface area contributed by atoms with Crippen molar-refractivity contribution in [1.29, 1.82) is 0 Å². The van der Waals surface area contributed by atoms with Crippen molar-refractivity contribution in [3.8, 4) is 17.1 Å². The van der Waals surface area contributed by atoms with Crippen LogP contribution in [0.2, 0.25) is 5.02 Å². The molecule has 0 saturated heterocycles. The quantitative estimate of drug-likeness (QED) is 0.539. The van der Waals surface area contributed by atoms with Gasteiger partial charge in [-0.15, -0.1) is 10.2 Å². The number of halogens is 1. The van der Waals surface area contributed by atoms with Crippen molar-refractivity contribution in [1.82, 2.24) is 25.4 Å². The number of carbonyl (C=O) groups is 2. The lowest BCUT2D eigenvalue weighted by atomic mass is 10.2. The standard InChI is InChI=1S/C22H22ClN5O2S/c1-13-4-3-5-18(12-13)28-19(15-6-8-16(23)9-7-15)26-27-22(28)31-14(2)20(29)25-21(30)24-17-10-11-17/h3-9,12,14,17H,10-11H2,1-2H3,(H2,24,25,29,30). The predicted molar refractivity (Wildman–Crippen MR) is 122 cm³/mol. The summed E-state index contributed by atoms with van der Waals surface area (Å²) in [6, 6.07) is 15.1. The minimum atomic E-state index is -0.546. The largest absolute Gasteiger partial charge is 0.335 e. The van der Waals surface area contributed by atoms with Crippen molar-refractivity contribution in [3.05, 3.63) is 59.1 Å². The SMILES string of the molecule is Cc1cccc(-n2c(SC(C)C(=O)NC(=O)NC3CC3)nnc2-c2ccc(Cl)cc2)c1. The maximum atomic E-state index is 12.5. The molecule has 4 rings (SSSR count). The van der Waals surface area contributed by atoms with Crippen molar-refractivity contribution in [2.24, 2.45) is 0 Å². The van der Waals surface area contributed by atoms with E-state index in [0.29, 0.717) is 16.0 Å². The average molecular weight is 456 g/mol. The summed E-state index contributed by atoms with van der Waals surface area (Å²) in [5.41, 5.74) is 2.83. The number of nitrogens with one attached hydrogen (secondary N) is 2. The molecule has 2 N–H and O–H groups in total. The van der Waals surface area contributed by atoms with Gasteiger partial charge in [-0.05, 0) is 68.7 Å². The molecule has 1 aliphatic carbocycles. The molecule has 0 radical (unpaired) electrons. The van der Waals surface area contributed by atoms with Gasteiger partial charge in [0.15, 0.2) is 11.0 Å². The molecule has 9 heteroatoms. The molecule has 1 aromatic heterocycles. The molecule has 0 aliphatic heterocycles. The van der Waals surface area contributed by atoms with Crippen LogP contribution in [0.1, 0.15) is 25.3 Å². The molecular weight excluding hydrogens is 434 g/mol. The number of aromatic nitrogens is 3. The van der Waals surface area contributed by atoms with E-state index in [4.69, 9.17) is 11.6 Å². The molecule has 2 aromatic carbocycles. The van der Waals surface area contributed by atoms with Gasteiger partial charge in [-0.3, -0.25) is 14.7 Å². The molecule has 1 aliphatic rings. The minimum Gasteiger partial charge on any atom is -0.335 e. The van der Waals surface area contributed by atoms with Gasteiger partial charge in [0.2, 0.25) is 5.91 Å². The Morgan fingerprint density at radius 1 is 1.16 bits per heavy atom. The van der Waals surface area contributed by atoms with Crippen LogP contribution in [-0.4, -0.2) is 38.0 Å². The molecule has 3 aromatic rings. The number of urea groups is 1. The van der Waals surface area contributed by atoms with E-state index in [2.05, 4.69) is 20.8 Å². The first kappa shape index (κ1) is 21.4. The van der Waals surface area contributed by atoms with Gasteiger partial charge in [0.05, 0.1) is 5.25 Å². The lowest BCUT2D eigenvalue weighted by Crippen LogP contribution is -2.43. The highest BCUT2D eigenvalue weighted by molar-refractivity contribution is 8.00. The first-order chi connectivity index (χ1) is 14.9. The van der Waals surface area contributed by atoms with Gasteiger partial charge in [0.1, 0.15) is 0 Å². The van der Waals surface area contributed by atoms with Crippen LogP contribution in [0.5, 0.6) is 0 Å². The summed E-state index contributed by atoms with van der Waals surface area (Å²) in [5.74, 6) is 0.263. The number of imide groups is 1.